The summed E-state index contributed by atoms with van der Waals surface area (Å²) >= 11 is 0. The Morgan fingerprint density at radius 2 is 1.21 bits per heavy atom. The van der Waals surface area contributed by atoms with Crippen LogP contribution in [-0.2, 0) is 19.2 Å². The van der Waals surface area contributed by atoms with Gasteiger partial charge in [-0.15, -0.1) is 0 Å². The number of carboxylic acid groups (broad SMARTS) is 4. The van der Waals surface area contributed by atoms with Crippen LogP contribution in [0.3, 0.4) is 0 Å². The van der Waals surface area contributed by atoms with E-state index in [1.165, 1.54) is 50.5 Å². The fourth-order valence-corrected chi connectivity index (χ4v) is 6.98. The summed E-state index contributed by atoms with van der Waals surface area (Å²) in [7, 11) is 0. The SMILES string of the molecule is Cc1nc2ccc(F)cc2n1C1CC2CC(N3CCN(c4ccccc4)CC3)CC2C1.O=C(O)/C=C/C(=O)O.O=C(O)/C=C/C(=O)O. The Morgan fingerprint density at radius 3 is 1.70 bits per heavy atom. The number of nitrogens with zero attached hydrogens (tertiary/aromatic N) is 4. The predicted octanol–water partition coefficient (Wildman–Crippen LogP) is 4.46. The first-order valence-corrected chi connectivity index (χ1v) is 15.4. The topological polar surface area (TPSA) is 174 Å². The van der Waals surface area contributed by atoms with Crippen molar-refractivity contribution in [3.8, 4) is 0 Å². The maximum Gasteiger partial charge on any atom is 0.328 e. The average molecular weight is 651 g/mol. The smallest absolute Gasteiger partial charge is 0.328 e. The van der Waals surface area contributed by atoms with E-state index in [1.807, 2.05) is 6.07 Å². The van der Waals surface area contributed by atoms with Gasteiger partial charge in [-0.1, -0.05) is 18.2 Å². The van der Waals surface area contributed by atoms with Crippen LogP contribution < -0.4 is 4.90 Å². The van der Waals surface area contributed by atoms with Gasteiger partial charge in [0.1, 0.15) is 11.6 Å². The lowest BCUT2D eigenvalue weighted by Crippen LogP contribution is -2.50. The molecule has 250 valence electrons. The molecule has 3 aromatic rings. The molecule has 3 fully saturated rings. The van der Waals surface area contributed by atoms with Gasteiger partial charge in [0.25, 0.3) is 0 Å². The number of imidazole rings is 1. The summed E-state index contributed by atoms with van der Waals surface area (Å²) in [6.07, 6.45) is 7.32. The van der Waals surface area contributed by atoms with Crippen LogP contribution in [0.15, 0.2) is 72.8 Å². The van der Waals surface area contributed by atoms with E-state index in [0.29, 0.717) is 30.3 Å². The maximum absolute atomic E-state index is 13.9. The molecule has 1 aliphatic heterocycles. The second-order valence-electron chi connectivity index (χ2n) is 11.8. The molecule has 1 aromatic heterocycles. The van der Waals surface area contributed by atoms with Crippen molar-refractivity contribution in [3.05, 3.63) is 84.5 Å². The van der Waals surface area contributed by atoms with E-state index in [2.05, 4.69) is 51.6 Å². The van der Waals surface area contributed by atoms with Gasteiger partial charge in [-0.05, 0) is 74.8 Å². The molecule has 6 rings (SSSR count). The summed E-state index contributed by atoms with van der Waals surface area (Å²) in [5.41, 5.74) is 3.24. The molecule has 0 spiro atoms. The molecule has 2 unspecified atom stereocenters. The van der Waals surface area contributed by atoms with Crippen LogP contribution in [0.5, 0.6) is 0 Å². The molecule has 2 atom stereocenters. The molecular weight excluding hydrogens is 611 g/mol. The Kier molecular flexibility index (Phi) is 11.8. The van der Waals surface area contributed by atoms with Crippen molar-refractivity contribution in [2.45, 2.75) is 44.7 Å². The Balaban J connectivity index is 0.000000261. The third-order valence-corrected chi connectivity index (χ3v) is 8.85. The molecule has 1 saturated heterocycles. The number of carboxylic acids is 4. The van der Waals surface area contributed by atoms with Gasteiger partial charge in [0, 0.05) is 68.3 Å². The molecule has 0 radical (unpaired) electrons. The molecule has 2 aromatic carbocycles. The van der Waals surface area contributed by atoms with Gasteiger partial charge in [0.2, 0.25) is 0 Å². The number of aliphatic carboxylic acids is 4. The normalized spacial score (nSPS) is 22.4. The fourth-order valence-electron chi connectivity index (χ4n) is 6.98. The molecule has 12 nitrogen and oxygen atoms in total. The maximum atomic E-state index is 13.9. The number of hydrogen-bond acceptors (Lipinski definition) is 7. The summed E-state index contributed by atoms with van der Waals surface area (Å²) in [6, 6.07) is 17.0. The first-order chi connectivity index (χ1) is 22.4. The number of aryl methyl sites for hydroxylation is 1. The largest absolute Gasteiger partial charge is 0.478 e. The fraction of sp³-hybridized carbons (Fsp3) is 0.382. The van der Waals surface area contributed by atoms with Crippen LogP contribution >= 0.6 is 0 Å². The van der Waals surface area contributed by atoms with Crippen LogP contribution in [0, 0.1) is 24.6 Å². The molecular formula is C34H39FN4O8. The van der Waals surface area contributed by atoms with E-state index < -0.39 is 23.9 Å². The van der Waals surface area contributed by atoms with Gasteiger partial charge in [-0.3, -0.25) is 4.90 Å². The minimum absolute atomic E-state index is 0.165. The lowest BCUT2D eigenvalue weighted by atomic mass is 10.0. The first kappa shape index (κ1) is 34.8. The van der Waals surface area contributed by atoms with Gasteiger partial charge in [0.15, 0.2) is 0 Å². The summed E-state index contributed by atoms with van der Waals surface area (Å²) in [4.78, 5) is 48.2. The minimum Gasteiger partial charge on any atom is -0.478 e. The summed E-state index contributed by atoms with van der Waals surface area (Å²) in [6.45, 7) is 6.68. The average Bonchev–Trinajstić information content (AvgIpc) is 3.71. The third-order valence-electron chi connectivity index (χ3n) is 8.85. The second kappa shape index (κ2) is 16.0. The van der Waals surface area contributed by atoms with Crippen molar-refractivity contribution in [2.24, 2.45) is 11.8 Å². The number of anilines is 1. The van der Waals surface area contributed by atoms with Crippen LogP contribution in [0.4, 0.5) is 10.1 Å². The molecule has 4 N–H and O–H groups in total. The minimum atomic E-state index is -1.26. The Bertz CT molecular complexity index is 1550. The van der Waals surface area contributed by atoms with Crippen LogP contribution in [0.25, 0.3) is 11.0 Å². The van der Waals surface area contributed by atoms with Gasteiger partial charge in [-0.2, -0.15) is 0 Å². The molecule has 2 heterocycles. The Morgan fingerprint density at radius 1 is 0.723 bits per heavy atom. The second-order valence-corrected chi connectivity index (χ2v) is 11.8. The summed E-state index contributed by atoms with van der Waals surface area (Å²) in [5, 5.41) is 31.2. The zero-order valence-electron chi connectivity index (χ0n) is 26.0. The number of piperazine rings is 1. The number of para-hydroxylation sites is 1. The van der Waals surface area contributed by atoms with Gasteiger partial charge >= 0.3 is 23.9 Å². The highest BCUT2D eigenvalue weighted by molar-refractivity contribution is 5.90. The van der Waals surface area contributed by atoms with Crippen molar-refractivity contribution in [2.75, 3.05) is 31.1 Å². The number of benzene rings is 2. The quantitative estimate of drug-likeness (QED) is 0.266. The van der Waals surface area contributed by atoms with Crippen molar-refractivity contribution in [3.63, 3.8) is 0 Å². The van der Waals surface area contributed by atoms with Crippen molar-refractivity contribution < 1.29 is 44.0 Å². The number of carbonyl (C=O) groups is 4. The molecule has 2 aliphatic carbocycles. The molecule has 3 aliphatic rings. The number of halogens is 1. The third kappa shape index (κ3) is 9.72. The van der Waals surface area contributed by atoms with E-state index in [4.69, 9.17) is 25.4 Å². The van der Waals surface area contributed by atoms with Crippen molar-refractivity contribution in [1.82, 2.24) is 14.5 Å². The van der Waals surface area contributed by atoms with E-state index in [0.717, 1.165) is 47.8 Å². The van der Waals surface area contributed by atoms with E-state index in [-0.39, 0.29) is 5.82 Å². The van der Waals surface area contributed by atoms with Gasteiger partial charge in [-0.25, -0.2) is 28.6 Å². The zero-order chi connectivity index (χ0) is 34.1. The molecule has 13 heteroatoms. The molecule has 0 bridgehead atoms. The Labute approximate surface area is 271 Å². The molecule has 47 heavy (non-hydrogen) atoms. The van der Waals surface area contributed by atoms with E-state index >= 15 is 0 Å². The number of rotatable bonds is 7. The highest BCUT2D eigenvalue weighted by atomic mass is 19.1. The van der Waals surface area contributed by atoms with Crippen LogP contribution in [-0.4, -0.2) is 91.0 Å². The summed E-state index contributed by atoms with van der Waals surface area (Å²) < 4.78 is 16.2. The molecule has 2 saturated carbocycles. The summed E-state index contributed by atoms with van der Waals surface area (Å²) in [5.74, 6) is -2.57. The van der Waals surface area contributed by atoms with E-state index in [9.17, 15) is 23.6 Å². The van der Waals surface area contributed by atoms with Gasteiger partial charge in [0.05, 0.1) is 11.0 Å². The highest BCUT2D eigenvalue weighted by Gasteiger charge is 2.44. The lowest BCUT2D eigenvalue weighted by molar-refractivity contribution is -0.134. The predicted molar refractivity (Wildman–Crippen MR) is 172 cm³/mol. The zero-order valence-corrected chi connectivity index (χ0v) is 26.0. The Hall–Kier alpha value is -5.04. The molecule has 0 amide bonds. The monoisotopic (exact) mass is 650 g/mol. The van der Waals surface area contributed by atoms with E-state index in [1.54, 1.807) is 6.07 Å². The highest BCUT2D eigenvalue weighted by Crippen LogP contribution is 2.51. The number of hydrogen-bond donors (Lipinski definition) is 4. The lowest BCUT2D eigenvalue weighted by Gasteiger charge is -2.39. The van der Waals surface area contributed by atoms with Crippen LogP contribution in [0.2, 0.25) is 0 Å². The van der Waals surface area contributed by atoms with Gasteiger partial charge < -0.3 is 29.9 Å². The number of fused-ring (bicyclic) bond motifs is 2. The standard InChI is InChI=1S/C26H31FN4.2C4H4O4/c1-18-28-25-8-7-21(27)17-26(25)31(18)24-15-19-13-23(14-20(19)16-24)30-11-9-29(10-12-30)22-5-3-2-4-6-22;2*5-3(6)1-2-4(7)8/h2-8,17,19-20,23-24H,9-16H2,1H3;2*1-2H,(H,5,6)(H,7,8)/b;2*2-1+. The van der Waals surface area contributed by atoms with Crippen LogP contribution in [0.1, 0.15) is 37.5 Å². The first-order valence-electron chi connectivity index (χ1n) is 15.4. The van der Waals surface area contributed by atoms with Crippen molar-refractivity contribution in [1.29, 1.82) is 0 Å². The number of aromatic nitrogens is 2. The van der Waals surface area contributed by atoms with Crippen molar-refractivity contribution >= 4 is 40.6 Å².